The first-order valence-corrected chi connectivity index (χ1v) is 10.4. The van der Waals surface area contributed by atoms with E-state index < -0.39 is 10.0 Å². The van der Waals surface area contributed by atoms with E-state index >= 15 is 0 Å². The highest BCUT2D eigenvalue weighted by atomic mass is 35.5. The van der Waals surface area contributed by atoms with Gasteiger partial charge in [0.05, 0.1) is 4.90 Å². The van der Waals surface area contributed by atoms with E-state index in [0.717, 1.165) is 25.2 Å². The van der Waals surface area contributed by atoms with Crippen molar-refractivity contribution in [2.24, 2.45) is 5.92 Å². The Kier molecular flexibility index (Phi) is 7.07. The van der Waals surface area contributed by atoms with Gasteiger partial charge in [0.2, 0.25) is 15.9 Å². The van der Waals surface area contributed by atoms with E-state index in [9.17, 15) is 13.2 Å². The first-order valence-electron chi connectivity index (χ1n) is 8.97. The summed E-state index contributed by atoms with van der Waals surface area (Å²) in [6.45, 7) is 7.21. The van der Waals surface area contributed by atoms with Gasteiger partial charge in [-0.1, -0.05) is 17.7 Å². The molecule has 1 amide bonds. The van der Waals surface area contributed by atoms with E-state index in [2.05, 4.69) is 12.2 Å². The first kappa shape index (κ1) is 21.2. The number of hydrogen-bond donors (Lipinski definition) is 1. The molecule has 3 rings (SSSR count). The molecule has 2 heterocycles. The molecule has 0 radical (unpaired) electrons. The van der Waals surface area contributed by atoms with E-state index in [4.69, 9.17) is 0 Å². The van der Waals surface area contributed by atoms with Crippen molar-refractivity contribution in [3.63, 3.8) is 0 Å². The molecule has 1 unspecified atom stereocenters. The lowest BCUT2D eigenvalue weighted by Crippen LogP contribution is -2.55. The Balaban J connectivity index is 0.00000243. The molecule has 0 spiro atoms. The van der Waals surface area contributed by atoms with Crippen LogP contribution in [0.3, 0.4) is 0 Å². The third-order valence-electron chi connectivity index (χ3n) is 5.25. The molecule has 6 nitrogen and oxygen atoms in total. The number of sulfonamides is 1. The molecule has 0 aliphatic carbocycles. The van der Waals surface area contributed by atoms with Crippen LogP contribution in [0.4, 0.5) is 0 Å². The molecule has 1 aromatic carbocycles. The molecule has 2 fully saturated rings. The standard InChI is InChI=1S/C18H27N3O3S.ClH/c1-14-3-5-17(6-4-14)25(23,24)20-10-7-16(8-11-20)18(22)21-12-9-19-13-15(21)2;/h3-6,15-16,19H,7-13H2,1-2H3;1H. The van der Waals surface area contributed by atoms with Gasteiger partial charge in [-0.2, -0.15) is 4.31 Å². The number of halogens is 1. The zero-order chi connectivity index (χ0) is 18.0. The molecule has 0 bridgehead atoms. The predicted molar refractivity (Wildman–Crippen MR) is 104 cm³/mol. The summed E-state index contributed by atoms with van der Waals surface area (Å²) in [6.07, 6.45) is 1.20. The fourth-order valence-electron chi connectivity index (χ4n) is 3.61. The van der Waals surface area contributed by atoms with Crippen LogP contribution in [-0.2, 0) is 14.8 Å². The van der Waals surface area contributed by atoms with Crippen LogP contribution in [0, 0.1) is 12.8 Å². The second-order valence-electron chi connectivity index (χ2n) is 7.08. The Morgan fingerprint density at radius 1 is 1.12 bits per heavy atom. The van der Waals surface area contributed by atoms with E-state index in [0.29, 0.717) is 30.8 Å². The molecule has 1 N–H and O–H groups in total. The third kappa shape index (κ3) is 4.39. The van der Waals surface area contributed by atoms with Crippen LogP contribution in [0.2, 0.25) is 0 Å². The number of benzene rings is 1. The second-order valence-corrected chi connectivity index (χ2v) is 9.01. The molecule has 8 heteroatoms. The number of carbonyl (C=O) groups is 1. The van der Waals surface area contributed by atoms with Crippen molar-refractivity contribution in [2.75, 3.05) is 32.7 Å². The highest BCUT2D eigenvalue weighted by molar-refractivity contribution is 7.89. The van der Waals surface area contributed by atoms with Gasteiger partial charge in [-0.3, -0.25) is 4.79 Å². The number of rotatable bonds is 3. The van der Waals surface area contributed by atoms with Crippen molar-refractivity contribution in [1.29, 1.82) is 0 Å². The summed E-state index contributed by atoms with van der Waals surface area (Å²) in [5.74, 6) is 0.117. The van der Waals surface area contributed by atoms with Gasteiger partial charge < -0.3 is 10.2 Å². The number of nitrogens with zero attached hydrogens (tertiary/aromatic N) is 2. The van der Waals surface area contributed by atoms with Crippen LogP contribution >= 0.6 is 12.4 Å². The molecule has 2 saturated heterocycles. The molecule has 26 heavy (non-hydrogen) atoms. The van der Waals surface area contributed by atoms with Crippen LogP contribution in [0.25, 0.3) is 0 Å². The zero-order valence-electron chi connectivity index (χ0n) is 15.3. The molecule has 0 aromatic heterocycles. The number of hydrogen-bond acceptors (Lipinski definition) is 4. The number of amides is 1. The van der Waals surface area contributed by atoms with Crippen molar-refractivity contribution < 1.29 is 13.2 Å². The molecule has 1 atom stereocenters. The van der Waals surface area contributed by atoms with Crippen molar-refractivity contribution in [2.45, 2.75) is 37.6 Å². The Labute approximate surface area is 162 Å². The first-order chi connectivity index (χ1) is 11.9. The molecule has 0 saturated carbocycles. The maximum atomic E-state index is 12.8. The SMILES string of the molecule is Cc1ccc(S(=O)(=O)N2CCC(C(=O)N3CCNCC3C)CC2)cc1.Cl. The fourth-order valence-corrected chi connectivity index (χ4v) is 5.08. The number of nitrogens with one attached hydrogen (secondary N) is 1. The average molecular weight is 402 g/mol. The smallest absolute Gasteiger partial charge is 0.243 e. The lowest BCUT2D eigenvalue weighted by atomic mass is 9.95. The van der Waals surface area contributed by atoms with E-state index in [1.165, 1.54) is 4.31 Å². The Bertz CT molecular complexity index is 716. The van der Waals surface area contributed by atoms with Gasteiger partial charge in [0.25, 0.3) is 0 Å². The lowest BCUT2D eigenvalue weighted by Gasteiger charge is -2.38. The fraction of sp³-hybridized carbons (Fsp3) is 0.611. The summed E-state index contributed by atoms with van der Waals surface area (Å²) in [5.41, 5.74) is 1.04. The number of piperazine rings is 1. The van der Waals surface area contributed by atoms with Gasteiger partial charge in [0.1, 0.15) is 0 Å². The summed E-state index contributed by atoms with van der Waals surface area (Å²) in [6, 6.07) is 7.15. The maximum Gasteiger partial charge on any atom is 0.243 e. The van der Waals surface area contributed by atoms with E-state index in [1.54, 1.807) is 12.1 Å². The molecule has 2 aliphatic heterocycles. The Hall–Kier alpha value is -1.15. The highest BCUT2D eigenvalue weighted by Crippen LogP contribution is 2.26. The minimum absolute atomic E-state index is 0. The van der Waals surface area contributed by atoms with Gasteiger partial charge in [-0.25, -0.2) is 8.42 Å². The van der Waals surface area contributed by atoms with Crippen molar-refractivity contribution in [1.82, 2.24) is 14.5 Å². The van der Waals surface area contributed by atoms with Crippen LogP contribution < -0.4 is 5.32 Å². The quantitative estimate of drug-likeness (QED) is 0.835. The van der Waals surface area contributed by atoms with Crippen LogP contribution in [0.5, 0.6) is 0 Å². The molecular formula is C18H28ClN3O3S. The largest absolute Gasteiger partial charge is 0.337 e. The van der Waals surface area contributed by atoms with Crippen LogP contribution in [0.1, 0.15) is 25.3 Å². The van der Waals surface area contributed by atoms with Crippen molar-refractivity contribution in [3.8, 4) is 0 Å². The summed E-state index contributed by atoms with van der Waals surface area (Å²) in [7, 11) is -3.47. The summed E-state index contributed by atoms with van der Waals surface area (Å²) in [5, 5.41) is 3.29. The van der Waals surface area contributed by atoms with Gasteiger partial charge in [0, 0.05) is 44.7 Å². The maximum absolute atomic E-state index is 12.8. The van der Waals surface area contributed by atoms with E-state index in [-0.39, 0.29) is 30.3 Å². The van der Waals surface area contributed by atoms with Crippen LogP contribution in [0.15, 0.2) is 29.2 Å². The Morgan fingerprint density at radius 2 is 1.73 bits per heavy atom. The minimum Gasteiger partial charge on any atom is -0.337 e. The van der Waals surface area contributed by atoms with Gasteiger partial charge in [0.15, 0.2) is 0 Å². The number of piperidine rings is 1. The van der Waals surface area contributed by atoms with Crippen molar-refractivity contribution >= 4 is 28.3 Å². The lowest BCUT2D eigenvalue weighted by molar-refractivity contribution is -0.139. The van der Waals surface area contributed by atoms with Gasteiger partial charge in [-0.15, -0.1) is 12.4 Å². The van der Waals surface area contributed by atoms with Gasteiger partial charge in [-0.05, 0) is 38.8 Å². The highest BCUT2D eigenvalue weighted by Gasteiger charge is 2.35. The molecule has 1 aromatic rings. The summed E-state index contributed by atoms with van der Waals surface area (Å²) < 4.78 is 27.0. The van der Waals surface area contributed by atoms with Crippen molar-refractivity contribution in [3.05, 3.63) is 29.8 Å². The third-order valence-corrected chi connectivity index (χ3v) is 7.16. The number of carbonyl (C=O) groups excluding carboxylic acids is 1. The van der Waals surface area contributed by atoms with Crippen LogP contribution in [-0.4, -0.2) is 62.3 Å². The molecule has 146 valence electrons. The summed E-state index contributed by atoms with van der Waals surface area (Å²) in [4.78, 5) is 15.0. The average Bonchev–Trinajstić information content (AvgIpc) is 2.62. The van der Waals surface area contributed by atoms with E-state index in [1.807, 2.05) is 24.0 Å². The molecule has 2 aliphatic rings. The topological polar surface area (TPSA) is 69.7 Å². The zero-order valence-corrected chi connectivity index (χ0v) is 17.0. The molecular weight excluding hydrogens is 374 g/mol. The van der Waals surface area contributed by atoms with Gasteiger partial charge >= 0.3 is 0 Å². The second kappa shape index (κ2) is 8.69. The normalized spacial score (nSPS) is 22.7. The summed E-state index contributed by atoms with van der Waals surface area (Å²) >= 11 is 0. The number of aryl methyl sites for hydroxylation is 1. The monoisotopic (exact) mass is 401 g/mol. The minimum atomic E-state index is -3.47. The predicted octanol–water partition coefficient (Wildman–Crippen LogP) is 1.64. The Morgan fingerprint density at radius 3 is 2.31 bits per heavy atom.